The number of hydrogen-bond donors (Lipinski definition) is 1. The fraction of sp³-hybridized carbons (Fsp3) is 0.0667. The van der Waals surface area contributed by atoms with Crippen molar-refractivity contribution < 1.29 is 0 Å². The number of benzene rings is 1. The third kappa shape index (κ3) is 2.66. The van der Waals surface area contributed by atoms with E-state index in [1.54, 1.807) is 16.9 Å². The molecule has 0 unspecified atom stereocenters. The first-order valence-corrected chi connectivity index (χ1v) is 6.75. The van der Waals surface area contributed by atoms with E-state index in [0.717, 1.165) is 11.1 Å². The number of thiocarbonyl (C=S) groups is 1. The standard InChI is InChI=1S/C15H12N4OS/c16-15(21)12-7-10(5-6-17-12)9-19-13-4-2-1-3-11(13)14(20)8-18-19/h1-8H,9H2,(H2,16,21). The van der Waals surface area contributed by atoms with Gasteiger partial charge in [0.2, 0.25) is 5.43 Å². The SMILES string of the molecule is NC(=S)c1cc(Cn2ncc(=O)c3ccccc32)ccn1. The Labute approximate surface area is 126 Å². The van der Waals surface area contributed by atoms with Gasteiger partial charge in [0.25, 0.3) is 0 Å². The summed E-state index contributed by atoms with van der Waals surface area (Å²) in [6.45, 7) is 0.513. The summed E-state index contributed by atoms with van der Waals surface area (Å²) in [6, 6.07) is 11.1. The van der Waals surface area contributed by atoms with Crippen molar-refractivity contribution in [3.05, 3.63) is 70.3 Å². The second-order valence-electron chi connectivity index (χ2n) is 4.60. The van der Waals surface area contributed by atoms with Crippen LogP contribution in [0.2, 0.25) is 0 Å². The molecule has 0 aliphatic heterocycles. The van der Waals surface area contributed by atoms with Crippen molar-refractivity contribution in [2.24, 2.45) is 5.73 Å². The molecule has 3 aromatic rings. The molecule has 0 saturated heterocycles. The summed E-state index contributed by atoms with van der Waals surface area (Å²) in [4.78, 5) is 16.2. The van der Waals surface area contributed by atoms with Crippen LogP contribution in [0.5, 0.6) is 0 Å². The lowest BCUT2D eigenvalue weighted by molar-refractivity contribution is 0.694. The summed E-state index contributed by atoms with van der Waals surface area (Å²) in [5.74, 6) is 0. The van der Waals surface area contributed by atoms with E-state index in [-0.39, 0.29) is 10.4 Å². The third-order valence-electron chi connectivity index (χ3n) is 3.17. The highest BCUT2D eigenvalue weighted by Crippen LogP contribution is 2.11. The summed E-state index contributed by atoms with van der Waals surface area (Å²) in [5, 5.41) is 4.85. The number of para-hydroxylation sites is 1. The molecule has 0 fully saturated rings. The zero-order valence-electron chi connectivity index (χ0n) is 11.1. The van der Waals surface area contributed by atoms with Crippen LogP contribution in [0.25, 0.3) is 10.9 Å². The molecule has 21 heavy (non-hydrogen) atoms. The number of aromatic nitrogens is 3. The number of rotatable bonds is 3. The smallest absolute Gasteiger partial charge is 0.207 e. The maximum atomic E-state index is 11.8. The Morgan fingerprint density at radius 1 is 1.29 bits per heavy atom. The quantitative estimate of drug-likeness (QED) is 0.741. The van der Waals surface area contributed by atoms with Gasteiger partial charge in [0, 0.05) is 11.6 Å². The van der Waals surface area contributed by atoms with Gasteiger partial charge in [-0.1, -0.05) is 24.4 Å². The summed E-state index contributed by atoms with van der Waals surface area (Å²) < 4.78 is 1.77. The molecule has 0 aliphatic rings. The first-order chi connectivity index (χ1) is 10.1. The zero-order valence-corrected chi connectivity index (χ0v) is 11.9. The molecule has 1 aromatic carbocycles. The molecular formula is C15H12N4OS. The molecule has 0 saturated carbocycles. The molecule has 2 aromatic heterocycles. The second-order valence-corrected chi connectivity index (χ2v) is 5.04. The van der Waals surface area contributed by atoms with Crippen LogP contribution in [-0.2, 0) is 6.54 Å². The van der Waals surface area contributed by atoms with Crippen molar-refractivity contribution in [3.63, 3.8) is 0 Å². The molecule has 0 amide bonds. The predicted octanol–water partition coefficient (Wildman–Crippen LogP) is 1.47. The molecule has 0 aliphatic carbocycles. The molecule has 0 spiro atoms. The van der Waals surface area contributed by atoms with E-state index in [9.17, 15) is 4.79 Å². The second kappa shape index (κ2) is 5.41. The van der Waals surface area contributed by atoms with Crippen molar-refractivity contribution in [1.82, 2.24) is 14.8 Å². The molecule has 104 valence electrons. The van der Waals surface area contributed by atoms with Crippen LogP contribution >= 0.6 is 12.2 Å². The van der Waals surface area contributed by atoms with E-state index in [1.807, 2.05) is 30.3 Å². The topological polar surface area (TPSA) is 73.8 Å². The van der Waals surface area contributed by atoms with Crippen LogP contribution in [0.15, 0.2) is 53.6 Å². The van der Waals surface area contributed by atoms with Crippen molar-refractivity contribution >= 4 is 28.1 Å². The molecule has 0 atom stereocenters. The van der Waals surface area contributed by atoms with Gasteiger partial charge in [-0.2, -0.15) is 5.10 Å². The van der Waals surface area contributed by atoms with Gasteiger partial charge in [-0.3, -0.25) is 14.5 Å². The fourth-order valence-electron chi connectivity index (χ4n) is 2.17. The minimum Gasteiger partial charge on any atom is -0.388 e. The summed E-state index contributed by atoms with van der Waals surface area (Å²) >= 11 is 4.93. The number of pyridine rings is 1. The number of nitrogens with two attached hydrogens (primary N) is 1. The van der Waals surface area contributed by atoms with Crippen LogP contribution < -0.4 is 11.2 Å². The van der Waals surface area contributed by atoms with Gasteiger partial charge >= 0.3 is 0 Å². The van der Waals surface area contributed by atoms with Crippen molar-refractivity contribution in [1.29, 1.82) is 0 Å². The Morgan fingerprint density at radius 2 is 2.10 bits per heavy atom. The van der Waals surface area contributed by atoms with Crippen molar-refractivity contribution in [2.75, 3.05) is 0 Å². The van der Waals surface area contributed by atoms with E-state index in [0.29, 0.717) is 17.6 Å². The van der Waals surface area contributed by atoms with Crippen LogP contribution in [0, 0.1) is 0 Å². The van der Waals surface area contributed by atoms with E-state index in [4.69, 9.17) is 18.0 Å². The summed E-state index contributed by atoms with van der Waals surface area (Å²) in [6.07, 6.45) is 2.99. The third-order valence-corrected chi connectivity index (χ3v) is 3.38. The zero-order chi connectivity index (χ0) is 14.8. The maximum absolute atomic E-state index is 11.8. The van der Waals surface area contributed by atoms with E-state index >= 15 is 0 Å². The largest absolute Gasteiger partial charge is 0.388 e. The Balaban J connectivity index is 2.06. The van der Waals surface area contributed by atoms with Gasteiger partial charge in [-0.25, -0.2) is 0 Å². The van der Waals surface area contributed by atoms with E-state index < -0.39 is 0 Å². The molecule has 2 heterocycles. The minimum absolute atomic E-state index is 0.0830. The minimum atomic E-state index is -0.0830. The van der Waals surface area contributed by atoms with Crippen molar-refractivity contribution in [3.8, 4) is 0 Å². The first-order valence-electron chi connectivity index (χ1n) is 6.35. The molecule has 0 radical (unpaired) electrons. The van der Waals surface area contributed by atoms with Gasteiger partial charge in [0.05, 0.1) is 24.0 Å². The fourth-order valence-corrected chi connectivity index (χ4v) is 2.28. The Kier molecular flexibility index (Phi) is 3.45. The highest BCUT2D eigenvalue weighted by atomic mass is 32.1. The monoisotopic (exact) mass is 296 g/mol. The van der Waals surface area contributed by atoms with Crippen LogP contribution in [0.1, 0.15) is 11.3 Å². The van der Waals surface area contributed by atoms with Gasteiger partial charge in [-0.05, 0) is 29.8 Å². The molecule has 0 bridgehead atoms. The van der Waals surface area contributed by atoms with Gasteiger partial charge in [0.15, 0.2) is 0 Å². The highest BCUT2D eigenvalue weighted by molar-refractivity contribution is 7.80. The van der Waals surface area contributed by atoms with Gasteiger partial charge in [-0.15, -0.1) is 0 Å². The first kappa shape index (κ1) is 13.4. The molecule has 3 rings (SSSR count). The summed E-state index contributed by atoms with van der Waals surface area (Å²) in [7, 11) is 0. The van der Waals surface area contributed by atoms with E-state index in [2.05, 4.69) is 10.1 Å². The lowest BCUT2D eigenvalue weighted by atomic mass is 10.2. The molecular weight excluding hydrogens is 284 g/mol. The number of fused-ring (bicyclic) bond motifs is 1. The van der Waals surface area contributed by atoms with Crippen LogP contribution in [0.3, 0.4) is 0 Å². The van der Waals surface area contributed by atoms with E-state index in [1.165, 1.54) is 6.20 Å². The average molecular weight is 296 g/mol. The van der Waals surface area contributed by atoms with Gasteiger partial charge < -0.3 is 5.73 Å². The Bertz CT molecular complexity index is 888. The van der Waals surface area contributed by atoms with Crippen LogP contribution in [0.4, 0.5) is 0 Å². The molecule has 6 heteroatoms. The number of hydrogen-bond acceptors (Lipinski definition) is 4. The predicted molar refractivity (Wildman–Crippen MR) is 85.2 cm³/mol. The van der Waals surface area contributed by atoms with Crippen LogP contribution in [-0.4, -0.2) is 19.8 Å². The van der Waals surface area contributed by atoms with Crippen molar-refractivity contribution in [2.45, 2.75) is 6.54 Å². The lowest BCUT2D eigenvalue weighted by Crippen LogP contribution is -2.15. The molecule has 5 nitrogen and oxygen atoms in total. The maximum Gasteiger partial charge on any atom is 0.207 e. The lowest BCUT2D eigenvalue weighted by Gasteiger charge is -2.09. The molecule has 2 N–H and O–H groups in total. The Hall–Kier alpha value is -2.60. The highest BCUT2D eigenvalue weighted by Gasteiger charge is 2.05. The summed E-state index contributed by atoms with van der Waals surface area (Å²) in [5.41, 5.74) is 7.84. The Morgan fingerprint density at radius 3 is 2.90 bits per heavy atom. The van der Waals surface area contributed by atoms with Gasteiger partial charge in [0.1, 0.15) is 4.99 Å². The normalized spacial score (nSPS) is 10.7. The number of nitrogens with zero attached hydrogens (tertiary/aromatic N) is 3. The average Bonchev–Trinajstić information content (AvgIpc) is 2.51.